The van der Waals surface area contributed by atoms with E-state index >= 15 is 0 Å². The first-order valence-electron chi connectivity index (χ1n) is 5.23. The van der Waals surface area contributed by atoms with E-state index < -0.39 is 10.0 Å². The van der Waals surface area contributed by atoms with Gasteiger partial charge in [0.15, 0.2) is 6.29 Å². The Bertz CT molecular complexity index is 265. The SMILES string of the molecule is CCNS(=O)(=O)CCNC(C)C(OC)OC. The number of hydrogen-bond donors (Lipinski definition) is 2. The summed E-state index contributed by atoms with van der Waals surface area (Å²) in [5.74, 6) is 0.0470. The molecular weight excluding hydrogens is 232 g/mol. The Balaban J connectivity index is 3.89. The molecule has 1 unspecified atom stereocenters. The van der Waals surface area contributed by atoms with Gasteiger partial charge in [-0.1, -0.05) is 6.92 Å². The molecule has 1 atom stereocenters. The molecule has 0 aromatic rings. The molecule has 0 amide bonds. The van der Waals surface area contributed by atoms with Gasteiger partial charge in [-0.2, -0.15) is 0 Å². The summed E-state index contributed by atoms with van der Waals surface area (Å²) >= 11 is 0. The van der Waals surface area contributed by atoms with E-state index in [-0.39, 0.29) is 18.1 Å². The second-order valence-electron chi connectivity index (χ2n) is 3.40. The third kappa shape index (κ3) is 6.39. The van der Waals surface area contributed by atoms with Crippen LogP contribution in [0, 0.1) is 0 Å². The van der Waals surface area contributed by atoms with E-state index in [2.05, 4.69) is 10.0 Å². The van der Waals surface area contributed by atoms with Crippen LogP contribution < -0.4 is 10.0 Å². The second-order valence-corrected chi connectivity index (χ2v) is 5.33. The zero-order valence-electron chi connectivity index (χ0n) is 10.3. The maximum Gasteiger partial charge on any atom is 0.212 e. The van der Waals surface area contributed by atoms with Gasteiger partial charge < -0.3 is 14.8 Å². The maximum absolute atomic E-state index is 11.3. The van der Waals surface area contributed by atoms with Crippen molar-refractivity contribution in [3.63, 3.8) is 0 Å². The van der Waals surface area contributed by atoms with Crippen molar-refractivity contribution in [1.29, 1.82) is 0 Å². The van der Waals surface area contributed by atoms with E-state index in [9.17, 15) is 8.42 Å². The van der Waals surface area contributed by atoms with Gasteiger partial charge in [0.05, 0.1) is 11.8 Å². The quantitative estimate of drug-likeness (QED) is 0.544. The van der Waals surface area contributed by atoms with E-state index in [0.29, 0.717) is 13.1 Å². The summed E-state index contributed by atoms with van der Waals surface area (Å²) < 4.78 is 35.1. The van der Waals surface area contributed by atoms with E-state index in [1.807, 2.05) is 6.92 Å². The van der Waals surface area contributed by atoms with Crippen LogP contribution >= 0.6 is 0 Å². The molecule has 0 aliphatic rings. The summed E-state index contributed by atoms with van der Waals surface area (Å²) in [6, 6.07) is -0.0631. The average Bonchev–Trinajstić information content (AvgIpc) is 2.19. The van der Waals surface area contributed by atoms with Crippen molar-refractivity contribution in [2.45, 2.75) is 26.2 Å². The Hall–Kier alpha value is -0.210. The molecule has 2 N–H and O–H groups in total. The lowest BCUT2D eigenvalue weighted by Gasteiger charge is -2.22. The Morgan fingerprint density at radius 1 is 1.25 bits per heavy atom. The van der Waals surface area contributed by atoms with Crippen LogP contribution in [0.2, 0.25) is 0 Å². The average molecular weight is 254 g/mol. The number of nitrogens with one attached hydrogen (secondary N) is 2. The first kappa shape index (κ1) is 15.8. The molecule has 0 rings (SSSR count). The van der Waals surface area contributed by atoms with E-state index in [4.69, 9.17) is 9.47 Å². The number of hydrogen-bond acceptors (Lipinski definition) is 5. The van der Waals surface area contributed by atoms with Gasteiger partial charge in [-0.05, 0) is 6.92 Å². The van der Waals surface area contributed by atoms with Crippen LogP contribution in [0.15, 0.2) is 0 Å². The van der Waals surface area contributed by atoms with E-state index in [0.717, 1.165) is 0 Å². The molecule has 0 bridgehead atoms. The highest BCUT2D eigenvalue weighted by Gasteiger charge is 2.16. The van der Waals surface area contributed by atoms with Crippen molar-refractivity contribution in [1.82, 2.24) is 10.0 Å². The molecule has 0 fully saturated rings. The third-order valence-corrected chi connectivity index (χ3v) is 3.54. The fourth-order valence-corrected chi connectivity index (χ4v) is 2.28. The minimum absolute atomic E-state index is 0.0470. The minimum Gasteiger partial charge on any atom is -0.354 e. The topological polar surface area (TPSA) is 76.7 Å². The molecule has 0 aliphatic heterocycles. The van der Waals surface area contributed by atoms with Gasteiger partial charge in [0, 0.05) is 27.3 Å². The van der Waals surface area contributed by atoms with Gasteiger partial charge in [-0.25, -0.2) is 13.1 Å². The number of sulfonamides is 1. The van der Waals surface area contributed by atoms with Crippen LogP contribution in [0.25, 0.3) is 0 Å². The maximum atomic E-state index is 11.3. The Morgan fingerprint density at radius 2 is 1.81 bits per heavy atom. The Morgan fingerprint density at radius 3 is 2.25 bits per heavy atom. The number of methoxy groups -OCH3 is 2. The minimum atomic E-state index is -3.16. The lowest BCUT2D eigenvalue weighted by atomic mass is 10.3. The van der Waals surface area contributed by atoms with Crippen LogP contribution in [0.3, 0.4) is 0 Å². The normalized spacial score (nSPS) is 14.3. The van der Waals surface area contributed by atoms with Gasteiger partial charge in [0.2, 0.25) is 10.0 Å². The predicted octanol–water partition coefficient (Wildman–Crippen LogP) is -0.477. The second kappa shape index (κ2) is 7.97. The Labute approximate surface area is 97.7 Å². The molecule has 0 spiro atoms. The highest BCUT2D eigenvalue weighted by molar-refractivity contribution is 7.89. The summed E-state index contributed by atoms with van der Waals surface area (Å²) in [5.41, 5.74) is 0. The van der Waals surface area contributed by atoms with Crippen LogP contribution in [0.4, 0.5) is 0 Å². The number of rotatable bonds is 9. The zero-order chi connectivity index (χ0) is 12.6. The smallest absolute Gasteiger partial charge is 0.212 e. The molecule has 0 saturated carbocycles. The first-order valence-corrected chi connectivity index (χ1v) is 6.88. The lowest BCUT2D eigenvalue weighted by molar-refractivity contribution is -0.119. The molecule has 0 radical (unpaired) electrons. The Kier molecular flexibility index (Phi) is 7.86. The van der Waals surface area contributed by atoms with Crippen LogP contribution in [0.1, 0.15) is 13.8 Å². The molecule has 98 valence electrons. The predicted molar refractivity (Wildman–Crippen MR) is 62.7 cm³/mol. The number of ether oxygens (including phenoxy) is 2. The third-order valence-electron chi connectivity index (χ3n) is 2.07. The zero-order valence-corrected chi connectivity index (χ0v) is 11.1. The molecule has 6 nitrogen and oxygen atoms in total. The largest absolute Gasteiger partial charge is 0.354 e. The van der Waals surface area contributed by atoms with Gasteiger partial charge in [-0.15, -0.1) is 0 Å². The van der Waals surface area contributed by atoms with Crippen molar-refractivity contribution in [2.24, 2.45) is 0 Å². The summed E-state index contributed by atoms with van der Waals surface area (Å²) in [6.45, 7) is 4.40. The van der Waals surface area contributed by atoms with Crippen molar-refractivity contribution in [3.8, 4) is 0 Å². The highest BCUT2D eigenvalue weighted by atomic mass is 32.2. The van der Waals surface area contributed by atoms with Crippen LogP contribution in [0.5, 0.6) is 0 Å². The molecule has 7 heteroatoms. The van der Waals surface area contributed by atoms with Gasteiger partial charge in [-0.3, -0.25) is 0 Å². The van der Waals surface area contributed by atoms with Crippen molar-refractivity contribution in [2.75, 3.05) is 33.1 Å². The van der Waals surface area contributed by atoms with Gasteiger partial charge in [0.1, 0.15) is 0 Å². The van der Waals surface area contributed by atoms with Crippen molar-refractivity contribution < 1.29 is 17.9 Å². The van der Waals surface area contributed by atoms with Gasteiger partial charge >= 0.3 is 0 Å². The molecular formula is C9H22N2O4S. The van der Waals surface area contributed by atoms with Crippen molar-refractivity contribution >= 4 is 10.0 Å². The molecule has 0 saturated heterocycles. The van der Waals surface area contributed by atoms with Crippen molar-refractivity contribution in [3.05, 3.63) is 0 Å². The molecule has 16 heavy (non-hydrogen) atoms. The molecule has 0 aromatic heterocycles. The monoisotopic (exact) mass is 254 g/mol. The van der Waals surface area contributed by atoms with Gasteiger partial charge in [0.25, 0.3) is 0 Å². The first-order chi connectivity index (χ1) is 7.46. The summed E-state index contributed by atoms with van der Waals surface area (Å²) in [7, 11) is -0.0738. The fourth-order valence-electron chi connectivity index (χ4n) is 1.31. The summed E-state index contributed by atoms with van der Waals surface area (Å²) in [6.07, 6.45) is -0.373. The van der Waals surface area contributed by atoms with E-state index in [1.165, 1.54) is 0 Å². The molecule has 0 heterocycles. The lowest BCUT2D eigenvalue weighted by Crippen LogP contribution is -2.42. The summed E-state index contributed by atoms with van der Waals surface area (Å²) in [5, 5.41) is 3.03. The highest BCUT2D eigenvalue weighted by Crippen LogP contribution is 1.97. The molecule has 0 aliphatic carbocycles. The molecule has 0 aromatic carbocycles. The van der Waals surface area contributed by atoms with Crippen LogP contribution in [-0.4, -0.2) is 53.8 Å². The van der Waals surface area contributed by atoms with Crippen LogP contribution in [-0.2, 0) is 19.5 Å². The standard InChI is InChI=1S/C9H22N2O4S/c1-5-11-16(12,13)7-6-10-8(2)9(14-3)15-4/h8-11H,5-7H2,1-4H3. The fraction of sp³-hybridized carbons (Fsp3) is 1.00. The van der Waals surface area contributed by atoms with E-state index in [1.54, 1.807) is 21.1 Å². The summed E-state index contributed by atoms with van der Waals surface area (Å²) in [4.78, 5) is 0.